The second-order valence-electron chi connectivity index (χ2n) is 4.74. The maximum absolute atomic E-state index is 11.3. The van der Waals surface area contributed by atoms with E-state index in [0.717, 1.165) is 12.8 Å². The summed E-state index contributed by atoms with van der Waals surface area (Å²) in [5.74, 6) is -0.572. The third-order valence-corrected chi connectivity index (χ3v) is 3.17. The zero-order valence-electron chi connectivity index (χ0n) is 11.6. The van der Waals surface area contributed by atoms with E-state index in [9.17, 15) is 9.90 Å². The van der Waals surface area contributed by atoms with Gasteiger partial charge in [-0.3, -0.25) is 0 Å². The number of ether oxygens (including phenoxy) is 1. The van der Waals surface area contributed by atoms with Crippen LogP contribution in [-0.2, 0) is 0 Å². The number of fused-ring (bicyclic) bond motifs is 1. The molecule has 0 atom stereocenters. The Morgan fingerprint density at radius 1 is 1.25 bits per heavy atom. The quantitative estimate of drug-likeness (QED) is 0.777. The fraction of sp³-hybridized carbons (Fsp3) is 0.375. The minimum Gasteiger partial charge on any atom is -0.478 e. The number of carboxylic acids is 1. The third-order valence-electron chi connectivity index (χ3n) is 3.17. The van der Waals surface area contributed by atoms with Gasteiger partial charge >= 0.3 is 5.97 Å². The van der Waals surface area contributed by atoms with Crippen LogP contribution >= 0.6 is 0 Å². The third kappa shape index (κ3) is 3.47. The van der Waals surface area contributed by atoms with Crippen LogP contribution in [0.5, 0.6) is 5.88 Å². The van der Waals surface area contributed by atoms with Crippen LogP contribution in [0, 0.1) is 0 Å². The molecule has 4 nitrogen and oxygen atoms in total. The van der Waals surface area contributed by atoms with Gasteiger partial charge in [0.05, 0.1) is 17.7 Å². The van der Waals surface area contributed by atoms with Crippen molar-refractivity contribution in [1.82, 2.24) is 4.98 Å². The van der Waals surface area contributed by atoms with Crippen LogP contribution in [0.25, 0.3) is 10.9 Å². The molecule has 1 aromatic carbocycles. The minimum atomic E-state index is -0.959. The molecule has 0 bridgehead atoms. The van der Waals surface area contributed by atoms with Gasteiger partial charge in [0.15, 0.2) is 0 Å². The standard InChI is InChI=1S/C16H19NO3/c1-2-3-4-7-10-20-15-11-13(16(18)19)12-8-5-6-9-14(12)17-15/h5-6,8-9,11H,2-4,7,10H2,1H3,(H,18,19). The maximum atomic E-state index is 11.3. The Labute approximate surface area is 118 Å². The van der Waals surface area contributed by atoms with E-state index < -0.39 is 5.97 Å². The number of hydrogen-bond donors (Lipinski definition) is 1. The monoisotopic (exact) mass is 273 g/mol. The van der Waals surface area contributed by atoms with Crippen molar-refractivity contribution in [2.45, 2.75) is 32.6 Å². The number of nitrogens with zero attached hydrogens (tertiary/aromatic N) is 1. The van der Waals surface area contributed by atoms with Gasteiger partial charge in [0.2, 0.25) is 5.88 Å². The molecule has 2 aromatic rings. The fourth-order valence-corrected chi connectivity index (χ4v) is 2.11. The highest BCUT2D eigenvalue weighted by Gasteiger charge is 2.12. The van der Waals surface area contributed by atoms with Crippen molar-refractivity contribution < 1.29 is 14.6 Å². The molecule has 0 aliphatic carbocycles. The van der Waals surface area contributed by atoms with E-state index in [1.54, 1.807) is 12.1 Å². The Morgan fingerprint density at radius 3 is 2.80 bits per heavy atom. The van der Waals surface area contributed by atoms with Gasteiger partial charge in [0.25, 0.3) is 0 Å². The van der Waals surface area contributed by atoms with E-state index in [1.165, 1.54) is 18.9 Å². The zero-order chi connectivity index (χ0) is 14.4. The van der Waals surface area contributed by atoms with Gasteiger partial charge in [-0.15, -0.1) is 0 Å². The molecule has 0 radical (unpaired) electrons. The number of aromatic carboxylic acids is 1. The van der Waals surface area contributed by atoms with Crippen molar-refractivity contribution in [3.8, 4) is 5.88 Å². The topological polar surface area (TPSA) is 59.4 Å². The van der Waals surface area contributed by atoms with Crippen LogP contribution in [0.3, 0.4) is 0 Å². The SMILES string of the molecule is CCCCCCOc1cc(C(=O)O)c2ccccc2n1. The number of aromatic nitrogens is 1. The van der Waals surface area contributed by atoms with E-state index in [-0.39, 0.29) is 5.56 Å². The van der Waals surface area contributed by atoms with Crippen molar-refractivity contribution in [2.24, 2.45) is 0 Å². The van der Waals surface area contributed by atoms with E-state index in [2.05, 4.69) is 11.9 Å². The lowest BCUT2D eigenvalue weighted by molar-refractivity contribution is 0.0698. The van der Waals surface area contributed by atoms with Crippen LogP contribution in [-0.4, -0.2) is 22.7 Å². The maximum Gasteiger partial charge on any atom is 0.336 e. The van der Waals surface area contributed by atoms with Crippen LogP contribution in [0.15, 0.2) is 30.3 Å². The molecule has 0 aliphatic heterocycles. The predicted molar refractivity (Wildman–Crippen MR) is 78.3 cm³/mol. The molecule has 0 saturated heterocycles. The number of benzene rings is 1. The van der Waals surface area contributed by atoms with Crippen LogP contribution in [0.4, 0.5) is 0 Å². The molecule has 0 unspecified atom stereocenters. The van der Waals surface area contributed by atoms with Crippen LogP contribution in [0.1, 0.15) is 43.0 Å². The van der Waals surface area contributed by atoms with Crippen molar-refractivity contribution in [1.29, 1.82) is 0 Å². The summed E-state index contributed by atoms with van der Waals surface area (Å²) in [6.45, 7) is 2.73. The van der Waals surface area contributed by atoms with E-state index in [4.69, 9.17) is 4.74 Å². The normalized spacial score (nSPS) is 10.7. The highest BCUT2D eigenvalue weighted by molar-refractivity contribution is 6.02. The van der Waals surface area contributed by atoms with Crippen LogP contribution < -0.4 is 4.74 Å². The molecule has 2 rings (SSSR count). The second kappa shape index (κ2) is 6.89. The van der Waals surface area contributed by atoms with Gasteiger partial charge in [0, 0.05) is 11.5 Å². The lowest BCUT2D eigenvalue weighted by Crippen LogP contribution is -2.03. The van der Waals surface area contributed by atoms with Crippen molar-refractivity contribution in [2.75, 3.05) is 6.61 Å². The van der Waals surface area contributed by atoms with Crippen molar-refractivity contribution in [3.05, 3.63) is 35.9 Å². The summed E-state index contributed by atoms with van der Waals surface area (Å²) in [4.78, 5) is 15.6. The molecule has 1 heterocycles. The molecule has 0 aliphatic rings. The molecule has 0 saturated carbocycles. The summed E-state index contributed by atoms with van der Waals surface area (Å²) in [5.41, 5.74) is 0.884. The van der Waals surface area contributed by atoms with Gasteiger partial charge in [-0.2, -0.15) is 0 Å². The summed E-state index contributed by atoms with van der Waals surface area (Å²) < 4.78 is 5.58. The van der Waals surface area contributed by atoms with Crippen molar-refractivity contribution in [3.63, 3.8) is 0 Å². The molecule has 106 valence electrons. The number of carbonyl (C=O) groups is 1. The lowest BCUT2D eigenvalue weighted by atomic mass is 10.1. The molecule has 0 fully saturated rings. The summed E-state index contributed by atoms with van der Waals surface area (Å²) in [5, 5.41) is 9.90. The smallest absolute Gasteiger partial charge is 0.336 e. The molecule has 20 heavy (non-hydrogen) atoms. The van der Waals surface area contributed by atoms with Gasteiger partial charge in [-0.05, 0) is 12.5 Å². The summed E-state index contributed by atoms with van der Waals surface area (Å²) in [6, 6.07) is 8.71. The van der Waals surface area contributed by atoms with E-state index in [1.807, 2.05) is 12.1 Å². The average molecular weight is 273 g/mol. The Bertz CT molecular complexity index is 595. The summed E-state index contributed by atoms with van der Waals surface area (Å²) in [6.07, 6.45) is 4.45. The second-order valence-corrected chi connectivity index (χ2v) is 4.74. The van der Waals surface area contributed by atoms with Gasteiger partial charge < -0.3 is 9.84 Å². The molecule has 1 aromatic heterocycles. The van der Waals surface area contributed by atoms with E-state index >= 15 is 0 Å². The predicted octanol–water partition coefficient (Wildman–Crippen LogP) is 3.89. The molecule has 0 spiro atoms. The first kappa shape index (κ1) is 14.3. The average Bonchev–Trinajstić information content (AvgIpc) is 2.46. The number of para-hydroxylation sites is 1. The first-order valence-electron chi connectivity index (χ1n) is 6.98. The number of pyridine rings is 1. The Morgan fingerprint density at radius 2 is 2.05 bits per heavy atom. The molecule has 1 N–H and O–H groups in total. The molecule has 4 heteroatoms. The van der Waals surface area contributed by atoms with Gasteiger partial charge in [0.1, 0.15) is 0 Å². The highest BCUT2D eigenvalue weighted by atomic mass is 16.5. The lowest BCUT2D eigenvalue weighted by Gasteiger charge is -2.08. The zero-order valence-corrected chi connectivity index (χ0v) is 11.6. The minimum absolute atomic E-state index is 0.235. The molecular formula is C16H19NO3. The largest absolute Gasteiger partial charge is 0.478 e. The fourth-order valence-electron chi connectivity index (χ4n) is 2.11. The first-order valence-corrected chi connectivity index (χ1v) is 6.98. The first-order chi connectivity index (χ1) is 9.72. The van der Waals surface area contributed by atoms with Crippen LogP contribution in [0.2, 0.25) is 0 Å². The van der Waals surface area contributed by atoms with Gasteiger partial charge in [-0.25, -0.2) is 9.78 Å². The Balaban J connectivity index is 2.15. The number of unbranched alkanes of at least 4 members (excludes halogenated alkanes) is 3. The summed E-state index contributed by atoms with van der Waals surface area (Å²) >= 11 is 0. The Kier molecular flexibility index (Phi) is 4.93. The summed E-state index contributed by atoms with van der Waals surface area (Å²) in [7, 11) is 0. The number of carboxylic acid groups (broad SMARTS) is 1. The number of rotatable bonds is 7. The molecular weight excluding hydrogens is 254 g/mol. The van der Waals surface area contributed by atoms with Gasteiger partial charge in [-0.1, -0.05) is 44.4 Å². The Hall–Kier alpha value is -2.10. The molecule has 0 amide bonds. The highest BCUT2D eigenvalue weighted by Crippen LogP contribution is 2.22. The number of hydrogen-bond acceptors (Lipinski definition) is 3. The van der Waals surface area contributed by atoms with E-state index in [0.29, 0.717) is 23.4 Å². The van der Waals surface area contributed by atoms with Crippen molar-refractivity contribution >= 4 is 16.9 Å².